The Morgan fingerprint density at radius 1 is 1.07 bits per heavy atom. The first-order chi connectivity index (χ1) is 12.9. The number of likely N-dealkylation sites (tertiary alicyclic amines) is 1. The monoisotopic (exact) mass is 393 g/mol. The Morgan fingerprint density at radius 3 is 2.37 bits per heavy atom. The lowest BCUT2D eigenvalue weighted by molar-refractivity contribution is -0.140. The standard InChI is InChI=1S/C20H31N3O3S/c1-3-18-9-7-8-12-23(18)20(24)17(2)21-13-15-22(16-14-21)27(25,26)19-10-5-4-6-11-19/h4-6,10-11,17-18H,3,7-9,12-16H2,1-2H3. The molecule has 2 aliphatic rings. The van der Waals surface area contributed by atoms with Crippen LogP contribution in [-0.2, 0) is 14.8 Å². The van der Waals surface area contributed by atoms with Crippen LogP contribution in [0.15, 0.2) is 35.2 Å². The molecule has 0 radical (unpaired) electrons. The van der Waals surface area contributed by atoms with Crippen molar-refractivity contribution in [1.82, 2.24) is 14.1 Å². The van der Waals surface area contributed by atoms with Crippen LogP contribution in [0.5, 0.6) is 0 Å². The van der Waals surface area contributed by atoms with E-state index in [9.17, 15) is 13.2 Å². The van der Waals surface area contributed by atoms with Crippen LogP contribution in [0.2, 0.25) is 0 Å². The number of carbonyl (C=O) groups excluding carboxylic acids is 1. The van der Waals surface area contributed by atoms with Gasteiger partial charge >= 0.3 is 0 Å². The first kappa shape index (κ1) is 20.3. The van der Waals surface area contributed by atoms with Crippen LogP contribution in [0, 0.1) is 0 Å². The number of benzene rings is 1. The summed E-state index contributed by atoms with van der Waals surface area (Å²) in [5.74, 6) is 0.195. The molecule has 3 rings (SSSR count). The predicted molar refractivity (Wildman–Crippen MR) is 106 cm³/mol. The fourth-order valence-corrected chi connectivity index (χ4v) is 5.63. The van der Waals surface area contributed by atoms with Gasteiger partial charge in [0.05, 0.1) is 10.9 Å². The van der Waals surface area contributed by atoms with Crippen LogP contribution in [0.25, 0.3) is 0 Å². The van der Waals surface area contributed by atoms with Crippen molar-refractivity contribution in [2.75, 3.05) is 32.7 Å². The normalized spacial score (nSPS) is 23.9. The average molecular weight is 394 g/mol. The summed E-state index contributed by atoms with van der Waals surface area (Å²) < 4.78 is 27.1. The van der Waals surface area contributed by atoms with E-state index in [1.165, 1.54) is 10.7 Å². The van der Waals surface area contributed by atoms with Crippen LogP contribution >= 0.6 is 0 Å². The fraction of sp³-hybridized carbons (Fsp3) is 0.650. The number of rotatable bonds is 5. The predicted octanol–water partition coefficient (Wildman–Crippen LogP) is 2.17. The largest absolute Gasteiger partial charge is 0.338 e. The Morgan fingerprint density at radius 2 is 1.74 bits per heavy atom. The highest BCUT2D eigenvalue weighted by molar-refractivity contribution is 7.89. The summed E-state index contributed by atoms with van der Waals surface area (Å²) in [7, 11) is -3.45. The SMILES string of the molecule is CCC1CCCCN1C(=O)C(C)N1CCN(S(=O)(=O)c2ccccc2)CC1. The summed E-state index contributed by atoms with van der Waals surface area (Å²) in [6.07, 6.45) is 4.38. The highest BCUT2D eigenvalue weighted by Crippen LogP contribution is 2.23. The minimum Gasteiger partial charge on any atom is -0.338 e. The summed E-state index contributed by atoms with van der Waals surface area (Å²) in [5.41, 5.74) is 0. The molecule has 2 aliphatic heterocycles. The van der Waals surface area contributed by atoms with Gasteiger partial charge in [-0.15, -0.1) is 0 Å². The lowest BCUT2D eigenvalue weighted by atomic mass is 9.99. The molecule has 1 aromatic carbocycles. The summed E-state index contributed by atoms with van der Waals surface area (Å²) in [4.78, 5) is 17.5. The molecule has 0 aromatic heterocycles. The number of hydrogen-bond donors (Lipinski definition) is 0. The molecule has 0 N–H and O–H groups in total. The van der Waals surface area contributed by atoms with Gasteiger partial charge in [0.1, 0.15) is 0 Å². The van der Waals surface area contributed by atoms with Gasteiger partial charge in [-0.05, 0) is 44.7 Å². The van der Waals surface area contributed by atoms with E-state index in [1.807, 2.05) is 13.0 Å². The zero-order valence-corrected chi connectivity index (χ0v) is 17.2. The van der Waals surface area contributed by atoms with E-state index in [2.05, 4.69) is 16.7 Å². The first-order valence-electron chi connectivity index (χ1n) is 10.0. The Labute approximate surface area is 163 Å². The average Bonchev–Trinajstić information content (AvgIpc) is 2.73. The maximum absolute atomic E-state index is 13.0. The Bertz CT molecular complexity index is 730. The Balaban J connectivity index is 1.61. The topological polar surface area (TPSA) is 60.9 Å². The van der Waals surface area contributed by atoms with E-state index in [-0.39, 0.29) is 11.9 Å². The second-order valence-electron chi connectivity index (χ2n) is 7.52. The third-order valence-corrected chi connectivity index (χ3v) is 7.85. The lowest BCUT2D eigenvalue weighted by Crippen LogP contribution is -2.57. The van der Waals surface area contributed by atoms with Crippen molar-refractivity contribution in [2.24, 2.45) is 0 Å². The molecule has 150 valence electrons. The van der Waals surface area contributed by atoms with Crippen LogP contribution in [0.1, 0.15) is 39.5 Å². The Kier molecular flexibility index (Phi) is 6.55. The minimum absolute atomic E-state index is 0.195. The van der Waals surface area contributed by atoms with Crippen molar-refractivity contribution < 1.29 is 13.2 Å². The van der Waals surface area contributed by atoms with Gasteiger partial charge in [0.2, 0.25) is 15.9 Å². The third kappa shape index (κ3) is 4.36. The first-order valence-corrected chi connectivity index (χ1v) is 11.5. The highest BCUT2D eigenvalue weighted by atomic mass is 32.2. The number of piperidine rings is 1. The third-order valence-electron chi connectivity index (χ3n) is 5.94. The van der Waals surface area contributed by atoms with E-state index in [0.29, 0.717) is 37.1 Å². The van der Waals surface area contributed by atoms with Gasteiger partial charge in [0.25, 0.3) is 0 Å². The minimum atomic E-state index is -3.45. The molecule has 0 aliphatic carbocycles. The molecular formula is C20H31N3O3S. The number of nitrogens with zero attached hydrogens (tertiary/aromatic N) is 3. The molecule has 0 spiro atoms. The van der Waals surface area contributed by atoms with Gasteiger partial charge in [0, 0.05) is 38.8 Å². The van der Waals surface area contributed by atoms with Crippen LogP contribution in [0.3, 0.4) is 0 Å². The molecule has 2 fully saturated rings. The summed E-state index contributed by atoms with van der Waals surface area (Å²) >= 11 is 0. The molecule has 1 aromatic rings. The number of hydrogen-bond acceptors (Lipinski definition) is 4. The van der Waals surface area contributed by atoms with Gasteiger partial charge in [-0.1, -0.05) is 25.1 Å². The second-order valence-corrected chi connectivity index (χ2v) is 9.46. The summed E-state index contributed by atoms with van der Waals surface area (Å²) in [6.45, 7) is 6.98. The molecule has 0 saturated carbocycles. The van der Waals surface area contributed by atoms with Gasteiger partial charge in [-0.2, -0.15) is 4.31 Å². The smallest absolute Gasteiger partial charge is 0.243 e. The second kappa shape index (κ2) is 8.71. The van der Waals surface area contributed by atoms with E-state index >= 15 is 0 Å². The Hall–Kier alpha value is -1.44. The maximum Gasteiger partial charge on any atom is 0.243 e. The van der Waals surface area contributed by atoms with Gasteiger partial charge in [-0.25, -0.2) is 8.42 Å². The molecule has 2 unspecified atom stereocenters. The van der Waals surface area contributed by atoms with Gasteiger partial charge in [0.15, 0.2) is 0 Å². The molecule has 2 atom stereocenters. The van der Waals surface area contributed by atoms with E-state index in [1.54, 1.807) is 24.3 Å². The zero-order chi connectivity index (χ0) is 19.4. The van der Waals surface area contributed by atoms with Gasteiger partial charge in [-0.3, -0.25) is 9.69 Å². The number of sulfonamides is 1. The van der Waals surface area contributed by atoms with Crippen LogP contribution in [-0.4, -0.2) is 73.2 Å². The fourth-order valence-electron chi connectivity index (χ4n) is 4.18. The van der Waals surface area contributed by atoms with E-state index in [0.717, 1.165) is 25.8 Å². The van der Waals surface area contributed by atoms with Crippen molar-refractivity contribution in [3.05, 3.63) is 30.3 Å². The number of amides is 1. The van der Waals surface area contributed by atoms with E-state index in [4.69, 9.17) is 0 Å². The highest BCUT2D eigenvalue weighted by Gasteiger charge is 2.35. The molecule has 6 nitrogen and oxygen atoms in total. The van der Waals surface area contributed by atoms with Crippen molar-refractivity contribution >= 4 is 15.9 Å². The molecule has 1 amide bonds. The van der Waals surface area contributed by atoms with Crippen LogP contribution < -0.4 is 0 Å². The summed E-state index contributed by atoms with van der Waals surface area (Å²) in [6, 6.07) is 8.73. The quantitative estimate of drug-likeness (QED) is 0.769. The number of carbonyl (C=O) groups is 1. The van der Waals surface area contributed by atoms with Crippen molar-refractivity contribution in [3.63, 3.8) is 0 Å². The zero-order valence-electron chi connectivity index (χ0n) is 16.4. The summed E-state index contributed by atoms with van der Waals surface area (Å²) in [5, 5.41) is 0. The van der Waals surface area contributed by atoms with Crippen molar-refractivity contribution in [1.29, 1.82) is 0 Å². The molecule has 0 bridgehead atoms. The number of piperazine rings is 1. The molecule has 7 heteroatoms. The molecule has 2 saturated heterocycles. The van der Waals surface area contributed by atoms with Crippen molar-refractivity contribution in [3.8, 4) is 0 Å². The van der Waals surface area contributed by atoms with Crippen molar-refractivity contribution in [2.45, 2.75) is 56.5 Å². The molecular weight excluding hydrogens is 362 g/mol. The lowest BCUT2D eigenvalue weighted by Gasteiger charge is -2.41. The van der Waals surface area contributed by atoms with Crippen LogP contribution in [0.4, 0.5) is 0 Å². The molecule has 2 heterocycles. The maximum atomic E-state index is 13.0. The molecule has 27 heavy (non-hydrogen) atoms. The van der Waals surface area contributed by atoms with Gasteiger partial charge < -0.3 is 4.90 Å². The van der Waals surface area contributed by atoms with E-state index < -0.39 is 10.0 Å².